The third-order valence-electron chi connectivity index (χ3n) is 2.88. The lowest BCUT2D eigenvalue weighted by Crippen LogP contribution is -2.41. The molecule has 0 radical (unpaired) electrons. The van der Waals surface area contributed by atoms with E-state index >= 15 is 0 Å². The second kappa shape index (κ2) is 8.09. The van der Waals surface area contributed by atoms with Gasteiger partial charge in [-0.3, -0.25) is 0 Å². The molecule has 17 heavy (non-hydrogen) atoms. The fourth-order valence-corrected chi connectivity index (χ4v) is 1.78. The summed E-state index contributed by atoms with van der Waals surface area (Å²) in [6.07, 6.45) is 4.55. The van der Waals surface area contributed by atoms with E-state index in [4.69, 9.17) is 5.73 Å². The number of rotatable bonds is 8. The minimum atomic E-state index is -0.480. The second-order valence-corrected chi connectivity index (χ2v) is 4.45. The van der Waals surface area contributed by atoms with E-state index < -0.39 is 6.10 Å². The highest BCUT2D eigenvalue weighted by atomic mass is 16.3. The van der Waals surface area contributed by atoms with Crippen LogP contribution in [0.2, 0.25) is 0 Å². The molecule has 3 nitrogen and oxygen atoms in total. The normalized spacial score (nSPS) is 14.3. The minimum Gasteiger partial charge on any atom is -0.390 e. The fraction of sp³-hybridized carbons (Fsp3) is 0.571. The van der Waals surface area contributed by atoms with Gasteiger partial charge in [0.25, 0.3) is 0 Å². The number of hydrogen-bond acceptors (Lipinski definition) is 3. The summed E-state index contributed by atoms with van der Waals surface area (Å²) in [6, 6.07) is 9.75. The van der Waals surface area contributed by atoms with Crippen molar-refractivity contribution in [1.82, 2.24) is 0 Å². The first kappa shape index (κ1) is 14.0. The van der Waals surface area contributed by atoms with Crippen LogP contribution in [0.4, 0.5) is 5.69 Å². The molecule has 0 bridgehead atoms. The van der Waals surface area contributed by atoms with Gasteiger partial charge in [-0.2, -0.15) is 0 Å². The van der Waals surface area contributed by atoms with Gasteiger partial charge in [-0.1, -0.05) is 50.8 Å². The molecule has 1 rings (SSSR count). The van der Waals surface area contributed by atoms with Gasteiger partial charge < -0.3 is 16.2 Å². The predicted octanol–water partition coefficient (Wildman–Crippen LogP) is 2.71. The lowest BCUT2D eigenvalue weighted by atomic mass is 10.1. The Morgan fingerprint density at radius 1 is 1.18 bits per heavy atom. The molecule has 0 fully saturated rings. The molecule has 2 unspecified atom stereocenters. The summed E-state index contributed by atoms with van der Waals surface area (Å²) in [6.45, 7) is 2.18. The molecule has 2 atom stereocenters. The summed E-state index contributed by atoms with van der Waals surface area (Å²) >= 11 is 0. The number of benzene rings is 1. The van der Waals surface area contributed by atoms with Crippen molar-refractivity contribution in [2.75, 3.05) is 5.32 Å². The Morgan fingerprint density at radius 2 is 1.88 bits per heavy atom. The first-order valence-electron chi connectivity index (χ1n) is 6.49. The highest BCUT2D eigenvalue weighted by Gasteiger charge is 2.13. The van der Waals surface area contributed by atoms with Crippen LogP contribution in [0.15, 0.2) is 30.3 Å². The molecule has 0 amide bonds. The van der Waals surface area contributed by atoms with Crippen LogP contribution in [0, 0.1) is 0 Å². The standard InChI is InChI=1S/C14H24N2O/c1-2-3-4-8-11-13(17)14(15)16-12-9-6-5-7-10-12/h5-7,9-10,13-14,16-17H,2-4,8,11,15H2,1H3. The van der Waals surface area contributed by atoms with Crippen LogP contribution in [-0.2, 0) is 0 Å². The van der Waals surface area contributed by atoms with Crippen molar-refractivity contribution in [2.45, 2.75) is 51.3 Å². The van der Waals surface area contributed by atoms with E-state index in [1.54, 1.807) is 0 Å². The van der Waals surface area contributed by atoms with Crippen LogP contribution < -0.4 is 11.1 Å². The van der Waals surface area contributed by atoms with Crippen molar-refractivity contribution in [3.63, 3.8) is 0 Å². The topological polar surface area (TPSA) is 58.3 Å². The molecule has 0 aliphatic rings. The van der Waals surface area contributed by atoms with E-state index in [2.05, 4.69) is 12.2 Å². The van der Waals surface area contributed by atoms with E-state index in [-0.39, 0.29) is 6.17 Å². The average Bonchev–Trinajstić information content (AvgIpc) is 2.35. The number of nitrogens with two attached hydrogens (primary N) is 1. The first-order chi connectivity index (χ1) is 8.24. The molecule has 96 valence electrons. The summed E-state index contributed by atoms with van der Waals surface area (Å²) in [5.74, 6) is 0. The number of nitrogens with one attached hydrogen (secondary N) is 1. The predicted molar refractivity (Wildman–Crippen MR) is 72.8 cm³/mol. The lowest BCUT2D eigenvalue weighted by molar-refractivity contribution is 0.141. The molecule has 4 N–H and O–H groups in total. The molecule has 3 heteroatoms. The monoisotopic (exact) mass is 236 g/mol. The molecule has 0 aliphatic carbocycles. The van der Waals surface area contributed by atoms with E-state index in [1.807, 2.05) is 30.3 Å². The van der Waals surface area contributed by atoms with Gasteiger partial charge in [0.15, 0.2) is 0 Å². The Labute approximate surface area is 104 Å². The van der Waals surface area contributed by atoms with Crippen LogP contribution in [0.25, 0.3) is 0 Å². The Hall–Kier alpha value is -1.06. The van der Waals surface area contributed by atoms with Crippen LogP contribution >= 0.6 is 0 Å². The zero-order valence-corrected chi connectivity index (χ0v) is 10.6. The molecule has 0 spiro atoms. The van der Waals surface area contributed by atoms with Crippen molar-refractivity contribution in [3.8, 4) is 0 Å². The summed E-state index contributed by atoms with van der Waals surface area (Å²) in [4.78, 5) is 0. The Balaban J connectivity index is 2.24. The third kappa shape index (κ3) is 5.71. The maximum Gasteiger partial charge on any atom is 0.101 e. The molecule has 0 saturated heterocycles. The van der Waals surface area contributed by atoms with E-state index in [0.29, 0.717) is 0 Å². The third-order valence-corrected chi connectivity index (χ3v) is 2.88. The maximum atomic E-state index is 9.89. The zero-order chi connectivity index (χ0) is 12.5. The molecule has 1 aromatic carbocycles. The van der Waals surface area contributed by atoms with E-state index in [1.165, 1.54) is 19.3 Å². The van der Waals surface area contributed by atoms with Gasteiger partial charge in [-0.25, -0.2) is 0 Å². The maximum absolute atomic E-state index is 9.89. The number of aliphatic hydroxyl groups excluding tert-OH is 1. The Bertz CT molecular complexity index is 290. The largest absolute Gasteiger partial charge is 0.390 e. The number of unbranched alkanes of at least 4 members (excludes halogenated alkanes) is 3. The highest BCUT2D eigenvalue weighted by Crippen LogP contribution is 2.11. The van der Waals surface area contributed by atoms with Gasteiger partial charge in [-0.15, -0.1) is 0 Å². The fourth-order valence-electron chi connectivity index (χ4n) is 1.78. The quantitative estimate of drug-likeness (QED) is 0.480. The van der Waals surface area contributed by atoms with Crippen molar-refractivity contribution in [1.29, 1.82) is 0 Å². The smallest absolute Gasteiger partial charge is 0.101 e. The first-order valence-corrected chi connectivity index (χ1v) is 6.49. The van der Waals surface area contributed by atoms with Crippen LogP contribution in [-0.4, -0.2) is 17.4 Å². The average molecular weight is 236 g/mol. The molecule has 0 saturated carbocycles. The van der Waals surface area contributed by atoms with Gasteiger partial charge >= 0.3 is 0 Å². The number of para-hydroxylation sites is 1. The number of hydrogen-bond donors (Lipinski definition) is 3. The number of aliphatic hydroxyl groups is 1. The minimum absolute atomic E-state index is 0.390. The Kier molecular flexibility index (Phi) is 6.67. The van der Waals surface area contributed by atoms with Crippen LogP contribution in [0.3, 0.4) is 0 Å². The van der Waals surface area contributed by atoms with Crippen LogP contribution in [0.1, 0.15) is 39.0 Å². The van der Waals surface area contributed by atoms with Gasteiger partial charge in [0.2, 0.25) is 0 Å². The summed E-state index contributed by atoms with van der Waals surface area (Å²) in [5, 5.41) is 13.0. The lowest BCUT2D eigenvalue weighted by Gasteiger charge is -2.21. The van der Waals surface area contributed by atoms with E-state index in [9.17, 15) is 5.11 Å². The molecule has 1 aromatic rings. The van der Waals surface area contributed by atoms with Gasteiger partial charge in [0.1, 0.15) is 6.17 Å². The van der Waals surface area contributed by atoms with Crippen molar-refractivity contribution in [2.24, 2.45) is 5.73 Å². The SMILES string of the molecule is CCCCCCC(O)C(N)Nc1ccccc1. The molecule has 0 aromatic heterocycles. The Morgan fingerprint density at radius 3 is 2.53 bits per heavy atom. The van der Waals surface area contributed by atoms with Gasteiger partial charge in [-0.05, 0) is 18.6 Å². The molecular weight excluding hydrogens is 212 g/mol. The number of anilines is 1. The molecular formula is C14H24N2O. The van der Waals surface area contributed by atoms with Crippen LogP contribution in [0.5, 0.6) is 0 Å². The van der Waals surface area contributed by atoms with Crippen molar-refractivity contribution in [3.05, 3.63) is 30.3 Å². The second-order valence-electron chi connectivity index (χ2n) is 4.45. The van der Waals surface area contributed by atoms with Gasteiger partial charge in [0.05, 0.1) is 6.10 Å². The summed E-state index contributed by atoms with van der Waals surface area (Å²) in [7, 11) is 0. The summed E-state index contributed by atoms with van der Waals surface area (Å²) in [5.41, 5.74) is 6.85. The van der Waals surface area contributed by atoms with Crippen molar-refractivity contribution < 1.29 is 5.11 Å². The van der Waals surface area contributed by atoms with Gasteiger partial charge in [0, 0.05) is 5.69 Å². The molecule has 0 heterocycles. The van der Waals surface area contributed by atoms with Crippen molar-refractivity contribution >= 4 is 5.69 Å². The summed E-state index contributed by atoms with van der Waals surface area (Å²) < 4.78 is 0. The highest BCUT2D eigenvalue weighted by molar-refractivity contribution is 5.43. The zero-order valence-electron chi connectivity index (χ0n) is 10.6. The van der Waals surface area contributed by atoms with E-state index in [0.717, 1.165) is 18.5 Å². The molecule has 0 aliphatic heterocycles.